The molecule has 0 saturated carbocycles. The van der Waals surface area contributed by atoms with Crippen molar-refractivity contribution in [1.29, 1.82) is 5.26 Å². The molecule has 0 radical (unpaired) electrons. The van der Waals surface area contributed by atoms with Gasteiger partial charge in [0.1, 0.15) is 0 Å². The maximum absolute atomic E-state index is 13.5. The Balaban J connectivity index is 2.44. The van der Waals surface area contributed by atoms with Gasteiger partial charge in [0.25, 0.3) is 5.91 Å². The van der Waals surface area contributed by atoms with Gasteiger partial charge >= 0.3 is 6.18 Å². The van der Waals surface area contributed by atoms with E-state index in [0.29, 0.717) is 6.54 Å². The number of piperidine rings is 1. The highest BCUT2D eigenvalue weighted by Crippen LogP contribution is 2.35. The smallest absolute Gasteiger partial charge is 0.341 e. The first-order valence-corrected chi connectivity index (χ1v) is 8.14. The summed E-state index contributed by atoms with van der Waals surface area (Å²) in [6, 6.07) is 1.69. The number of carbonyl (C=O) groups is 1. The maximum atomic E-state index is 13.5. The van der Waals surface area contributed by atoms with Crippen LogP contribution in [-0.4, -0.2) is 59.2 Å². The number of rotatable bonds is 4. The lowest BCUT2D eigenvalue weighted by Crippen LogP contribution is -2.34. The number of nitrogens with zero attached hydrogens (tertiary/aromatic N) is 5. The van der Waals surface area contributed by atoms with Gasteiger partial charge in [-0.05, 0) is 33.4 Å². The molecule has 1 aromatic rings. The molecule has 1 aliphatic heterocycles. The Labute approximate surface area is 144 Å². The summed E-state index contributed by atoms with van der Waals surface area (Å²) in [7, 11) is 3.31. The highest BCUT2D eigenvalue weighted by Gasteiger charge is 2.42. The van der Waals surface area contributed by atoms with Crippen molar-refractivity contribution in [3.8, 4) is 6.07 Å². The Bertz CT molecular complexity index is 677. The molecular formula is C16H22F3N5O. The molecule has 0 aliphatic carbocycles. The van der Waals surface area contributed by atoms with E-state index in [9.17, 15) is 18.0 Å². The van der Waals surface area contributed by atoms with E-state index in [1.54, 1.807) is 0 Å². The van der Waals surface area contributed by atoms with Crippen molar-refractivity contribution in [2.24, 2.45) is 0 Å². The Kier molecular flexibility index (Phi) is 5.72. The SMILES string of the molecule is Cc1c(C(=O)N(C)CCC#N)c(C(F)(F)F)nn1C1CCCN(C)C1. The quantitative estimate of drug-likeness (QED) is 0.830. The van der Waals surface area contributed by atoms with Crippen molar-refractivity contribution in [3.05, 3.63) is 17.0 Å². The van der Waals surface area contributed by atoms with Crippen LogP contribution in [0.4, 0.5) is 13.2 Å². The number of halogens is 3. The van der Waals surface area contributed by atoms with Crippen LogP contribution in [0.5, 0.6) is 0 Å². The Morgan fingerprint density at radius 2 is 2.16 bits per heavy atom. The lowest BCUT2D eigenvalue weighted by molar-refractivity contribution is -0.142. The van der Waals surface area contributed by atoms with E-state index in [-0.39, 0.29) is 24.7 Å². The summed E-state index contributed by atoms with van der Waals surface area (Å²) < 4.78 is 41.7. The fraction of sp³-hybridized carbons (Fsp3) is 0.688. The molecule has 25 heavy (non-hydrogen) atoms. The van der Waals surface area contributed by atoms with Gasteiger partial charge in [0.2, 0.25) is 0 Å². The number of hydrogen-bond donors (Lipinski definition) is 0. The van der Waals surface area contributed by atoms with E-state index in [0.717, 1.165) is 24.3 Å². The highest BCUT2D eigenvalue weighted by molar-refractivity contribution is 5.96. The van der Waals surface area contributed by atoms with Gasteiger partial charge in [0, 0.05) is 25.8 Å². The second kappa shape index (κ2) is 7.44. The number of alkyl halides is 3. The van der Waals surface area contributed by atoms with Crippen molar-refractivity contribution in [2.75, 3.05) is 33.7 Å². The van der Waals surface area contributed by atoms with Crippen LogP contribution in [0.15, 0.2) is 0 Å². The molecule has 0 aromatic carbocycles. The molecule has 1 aromatic heterocycles. The first-order chi connectivity index (χ1) is 11.7. The lowest BCUT2D eigenvalue weighted by atomic mass is 10.1. The van der Waals surface area contributed by atoms with E-state index < -0.39 is 23.3 Å². The normalized spacial score (nSPS) is 18.8. The minimum atomic E-state index is -4.71. The molecule has 0 spiro atoms. The second-order valence-electron chi connectivity index (χ2n) is 6.44. The average Bonchev–Trinajstić information content (AvgIpc) is 2.89. The first-order valence-electron chi connectivity index (χ1n) is 8.14. The van der Waals surface area contributed by atoms with Gasteiger partial charge in [-0.25, -0.2) is 0 Å². The molecule has 6 nitrogen and oxygen atoms in total. The van der Waals surface area contributed by atoms with Gasteiger partial charge in [-0.1, -0.05) is 0 Å². The van der Waals surface area contributed by atoms with Crippen LogP contribution in [0.25, 0.3) is 0 Å². The van der Waals surface area contributed by atoms with Crippen molar-refractivity contribution >= 4 is 5.91 Å². The monoisotopic (exact) mass is 357 g/mol. The third-order valence-corrected chi connectivity index (χ3v) is 4.48. The van der Waals surface area contributed by atoms with Gasteiger partial charge in [-0.3, -0.25) is 9.48 Å². The summed E-state index contributed by atoms with van der Waals surface area (Å²) >= 11 is 0. The van der Waals surface area contributed by atoms with Gasteiger partial charge in [-0.15, -0.1) is 0 Å². The molecule has 138 valence electrons. The maximum Gasteiger partial charge on any atom is 0.435 e. The second-order valence-corrected chi connectivity index (χ2v) is 6.44. The largest absolute Gasteiger partial charge is 0.435 e. The fourth-order valence-electron chi connectivity index (χ4n) is 3.18. The Hall–Kier alpha value is -2.08. The molecule has 1 aliphatic rings. The van der Waals surface area contributed by atoms with Crippen molar-refractivity contribution in [2.45, 2.75) is 38.4 Å². The fourth-order valence-corrected chi connectivity index (χ4v) is 3.18. The van der Waals surface area contributed by atoms with Crippen molar-refractivity contribution in [3.63, 3.8) is 0 Å². The van der Waals surface area contributed by atoms with Crippen LogP contribution in [0.1, 0.15) is 47.1 Å². The Morgan fingerprint density at radius 1 is 1.48 bits per heavy atom. The summed E-state index contributed by atoms with van der Waals surface area (Å²) in [5, 5.41) is 12.4. The van der Waals surface area contributed by atoms with Crippen LogP contribution in [0, 0.1) is 18.3 Å². The van der Waals surface area contributed by atoms with Gasteiger partial charge in [-0.2, -0.15) is 23.5 Å². The van der Waals surface area contributed by atoms with E-state index in [2.05, 4.69) is 5.10 Å². The number of amides is 1. The van der Waals surface area contributed by atoms with Crippen LogP contribution < -0.4 is 0 Å². The zero-order chi connectivity index (χ0) is 18.8. The summed E-state index contributed by atoms with van der Waals surface area (Å²) in [5.74, 6) is -0.754. The third-order valence-electron chi connectivity index (χ3n) is 4.48. The molecule has 0 N–H and O–H groups in total. The topological polar surface area (TPSA) is 65.2 Å². The van der Waals surface area contributed by atoms with Crippen LogP contribution in [-0.2, 0) is 6.18 Å². The number of carbonyl (C=O) groups excluding carboxylic acids is 1. The predicted molar refractivity (Wildman–Crippen MR) is 84.9 cm³/mol. The number of nitriles is 1. The third kappa shape index (κ3) is 4.12. The molecule has 1 amide bonds. The number of likely N-dealkylation sites (tertiary alicyclic amines) is 1. The van der Waals surface area contributed by atoms with Crippen molar-refractivity contribution in [1.82, 2.24) is 19.6 Å². The minimum Gasteiger partial charge on any atom is -0.341 e. The van der Waals surface area contributed by atoms with E-state index >= 15 is 0 Å². The summed E-state index contributed by atoms with van der Waals surface area (Å²) in [6.45, 7) is 3.06. The minimum absolute atomic E-state index is 0.0597. The molecule has 0 bridgehead atoms. The lowest BCUT2D eigenvalue weighted by Gasteiger charge is -2.30. The highest BCUT2D eigenvalue weighted by atomic mass is 19.4. The number of hydrogen-bond acceptors (Lipinski definition) is 4. The van der Waals surface area contributed by atoms with Gasteiger partial charge < -0.3 is 9.80 Å². The zero-order valence-electron chi connectivity index (χ0n) is 14.6. The van der Waals surface area contributed by atoms with Gasteiger partial charge in [0.15, 0.2) is 5.69 Å². The molecule has 1 unspecified atom stereocenters. The van der Waals surface area contributed by atoms with E-state index in [1.165, 1.54) is 18.7 Å². The molecule has 1 atom stereocenters. The molecule has 1 fully saturated rings. The van der Waals surface area contributed by atoms with Crippen LogP contribution >= 0.6 is 0 Å². The van der Waals surface area contributed by atoms with Crippen molar-refractivity contribution < 1.29 is 18.0 Å². The summed E-state index contributed by atoms with van der Waals surface area (Å²) in [6.07, 6.45) is -3.06. The average molecular weight is 357 g/mol. The van der Waals surface area contributed by atoms with Gasteiger partial charge in [0.05, 0.1) is 24.1 Å². The molecule has 2 heterocycles. The predicted octanol–water partition coefficient (Wildman–Crippen LogP) is 2.46. The molecule has 9 heteroatoms. The van der Waals surface area contributed by atoms with E-state index in [1.807, 2.05) is 18.0 Å². The van der Waals surface area contributed by atoms with E-state index in [4.69, 9.17) is 5.26 Å². The Morgan fingerprint density at radius 3 is 2.72 bits per heavy atom. The van der Waals surface area contributed by atoms with Crippen LogP contribution in [0.2, 0.25) is 0 Å². The van der Waals surface area contributed by atoms with Crippen LogP contribution in [0.3, 0.4) is 0 Å². The number of likely N-dealkylation sites (N-methyl/N-ethyl adjacent to an activating group) is 1. The zero-order valence-corrected chi connectivity index (χ0v) is 14.6. The summed E-state index contributed by atoms with van der Waals surface area (Å²) in [5.41, 5.74) is -1.34. The molecule has 2 rings (SSSR count). The first kappa shape index (κ1) is 19.2. The molecular weight excluding hydrogens is 335 g/mol. The summed E-state index contributed by atoms with van der Waals surface area (Å²) in [4.78, 5) is 15.7. The standard InChI is InChI=1S/C16H22F3N5O/c1-11-13(15(25)23(3)9-5-7-20)14(16(17,18)19)21-24(11)12-6-4-8-22(2)10-12/h12H,4-6,8-10H2,1-3H3. The number of aromatic nitrogens is 2. The molecule has 1 saturated heterocycles.